The van der Waals surface area contributed by atoms with Gasteiger partial charge in [-0.15, -0.1) is 0 Å². The Morgan fingerprint density at radius 2 is 1.59 bits per heavy atom. The van der Waals surface area contributed by atoms with Crippen LogP contribution in [0.25, 0.3) is 11.1 Å². The SMILES string of the molecule is N#Cc1cc(-c2ccc(Cl)c(Cl)c2)ccc1O. The van der Waals surface area contributed by atoms with E-state index in [9.17, 15) is 5.11 Å². The first kappa shape index (κ1) is 11.8. The fourth-order valence-electron chi connectivity index (χ4n) is 1.48. The normalized spacial score (nSPS) is 9.94. The minimum absolute atomic E-state index is 0.0312. The number of benzene rings is 2. The molecule has 0 radical (unpaired) electrons. The van der Waals surface area contributed by atoms with Gasteiger partial charge in [0.15, 0.2) is 0 Å². The molecule has 0 aromatic heterocycles. The molecular formula is C13H7Cl2NO. The van der Waals surface area contributed by atoms with Crippen LogP contribution in [-0.2, 0) is 0 Å². The van der Waals surface area contributed by atoms with Gasteiger partial charge >= 0.3 is 0 Å². The third-order valence-corrected chi connectivity index (χ3v) is 3.11. The second-order valence-electron chi connectivity index (χ2n) is 3.47. The van der Waals surface area contributed by atoms with Crippen molar-refractivity contribution in [2.45, 2.75) is 0 Å². The molecule has 4 heteroatoms. The minimum Gasteiger partial charge on any atom is -0.507 e. The van der Waals surface area contributed by atoms with Crippen LogP contribution in [0, 0.1) is 11.3 Å². The number of rotatable bonds is 1. The number of hydrogen-bond acceptors (Lipinski definition) is 2. The maximum atomic E-state index is 9.41. The molecule has 0 saturated carbocycles. The topological polar surface area (TPSA) is 44.0 Å². The average Bonchev–Trinajstić information content (AvgIpc) is 2.33. The van der Waals surface area contributed by atoms with Crippen molar-refractivity contribution in [2.75, 3.05) is 0 Å². The first-order valence-corrected chi connectivity index (χ1v) is 5.56. The molecule has 2 aromatic rings. The number of nitriles is 1. The lowest BCUT2D eigenvalue weighted by Gasteiger charge is -2.05. The smallest absolute Gasteiger partial charge is 0.133 e. The highest BCUT2D eigenvalue weighted by molar-refractivity contribution is 6.42. The van der Waals surface area contributed by atoms with E-state index >= 15 is 0 Å². The lowest BCUT2D eigenvalue weighted by atomic mass is 10.0. The van der Waals surface area contributed by atoms with Crippen molar-refractivity contribution in [3.05, 3.63) is 52.0 Å². The number of phenols is 1. The summed E-state index contributed by atoms with van der Waals surface area (Å²) in [6.45, 7) is 0. The fourth-order valence-corrected chi connectivity index (χ4v) is 1.78. The maximum absolute atomic E-state index is 9.41. The molecule has 2 rings (SSSR count). The van der Waals surface area contributed by atoms with Gasteiger partial charge in [0.1, 0.15) is 11.8 Å². The molecule has 0 atom stereocenters. The largest absolute Gasteiger partial charge is 0.507 e. The number of nitrogens with zero attached hydrogens (tertiary/aromatic N) is 1. The molecule has 0 bridgehead atoms. The summed E-state index contributed by atoms with van der Waals surface area (Å²) >= 11 is 11.7. The second-order valence-corrected chi connectivity index (χ2v) is 4.29. The van der Waals surface area contributed by atoms with Gasteiger partial charge in [0.2, 0.25) is 0 Å². The first-order chi connectivity index (χ1) is 8.11. The molecule has 0 unspecified atom stereocenters. The van der Waals surface area contributed by atoms with Crippen LogP contribution in [0.1, 0.15) is 5.56 Å². The van der Waals surface area contributed by atoms with E-state index in [1.807, 2.05) is 12.1 Å². The predicted octanol–water partition coefficient (Wildman–Crippen LogP) is 4.24. The van der Waals surface area contributed by atoms with Crippen LogP contribution < -0.4 is 0 Å². The van der Waals surface area contributed by atoms with Crippen LogP contribution >= 0.6 is 23.2 Å². The van der Waals surface area contributed by atoms with Gasteiger partial charge in [-0.3, -0.25) is 0 Å². The summed E-state index contributed by atoms with van der Waals surface area (Å²) in [6.07, 6.45) is 0. The van der Waals surface area contributed by atoms with Gasteiger partial charge < -0.3 is 5.11 Å². The third-order valence-electron chi connectivity index (χ3n) is 2.37. The van der Waals surface area contributed by atoms with Crippen molar-refractivity contribution in [1.82, 2.24) is 0 Å². The highest BCUT2D eigenvalue weighted by Gasteiger charge is 2.05. The van der Waals surface area contributed by atoms with Crippen LogP contribution in [0.4, 0.5) is 0 Å². The summed E-state index contributed by atoms with van der Waals surface area (Å²) in [6, 6.07) is 11.9. The van der Waals surface area contributed by atoms with E-state index in [0.717, 1.165) is 11.1 Å². The van der Waals surface area contributed by atoms with Crippen molar-refractivity contribution in [1.29, 1.82) is 5.26 Å². The van der Waals surface area contributed by atoms with Gasteiger partial charge in [-0.2, -0.15) is 5.26 Å². The predicted molar refractivity (Wildman–Crippen MR) is 68.3 cm³/mol. The Hall–Kier alpha value is -1.69. The Kier molecular flexibility index (Phi) is 3.23. The van der Waals surface area contributed by atoms with Gasteiger partial charge in [-0.1, -0.05) is 35.3 Å². The van der Waals surface area contributed by atoms with E-state index in [4.69, 9.17) is 28.5 Å². The van der Waals surface area contributed by atoms with E-state index < -0.39 is 0 Å². The Labute approximate surface area is 109 Å². The highest BCUT2D eigenvalue weighted by Crippen LogP contribution is 2.30. The lowest BCUT2D eigenvalue weighted by molar-refractivity contribution is 0.473. The van der Waals surface area contributed by atoms with Crippen molar-refractivity contribution in [3.63, 3.8) is 0 Å². The average molecular weight is 264 g/mol. The summed E-state index contributed by atoms with van der Waals surface area (Å²) in [4.78, 5) is 0. The standard InChI is InChI=1S/C13H7Cl2NO/c14-11-3-1-9(6-12(11)15)8-2-4-13(17)10(5-8)7-16/h1-6,17H. The maximum Gasteiger partial charge on any atom is 0.133 e. The molecule has 0 spiro atoms. The van der Waals surface area contributed by atoms with Gasteiger partial charge in [0.25, 0.3) is 0 Å². The molecule has 2 nitrogen and oxygen atoms in total. The van der Waals surface area contributed by atoms with Crippen LogP contribution in [-0.4, -0.2) is 5.11 Å². The van der Waals surface area contributed by atoms with Crippen molar-refractivity contribution in [2.24, 2.45) is 0 Å². The van der Waals surface area contributed by atoms with E-state index in [1.165, 1.54) is 6.07 Å². The number of aromatic hydroxyl groups is 1. The van der Waals surface area contributed by atoms with Crippen molar-refractivity contribution < 1.29 is 5.11 Å². The van der Waals surface area contributed by atoms with Crippen LogP contribution in [0.2, 0.25) is 10.0 Å². The Morgan fingerprint density at radius 3 is 2.24 bits per heavy atom. The van der Waals surface area contributed by atoms with Crippen molar-refractivity contribution in [3.8, 4) is 22.9 Å². The molecule has 0 amide bonds. The van der Waals surface area contributed by atoms with Gasteiger partial charge in [-0.25, -0.2) is 0 Å². The quantitative estimate of drug-likeness (QED) is 0.837. The van der Waals surface area contributed by atoms with E-state index in [0.29, 0.717) is 10.0 Å². The molecule has 0 heterocycles. The molecule has 2 aromatic carbocycles. The summed E-state index contributed by atoms with van der Waals surface area (Å²) in [5, 5.41) is 19.2. The van der Waals surface area contributed by atoms with Gasteiger partial charge in [0.05, 0.1) is 15.6 Å². The van der Waals surface area contributed by atoms with E-state index in [2.05, 4.69) is 0 Å². The Morgan fingerprint density at radius 1 is 0.941 bits per heavy atom. The van der Waals surface area contributed by atoms with Crippen LogP contribution in [0.3, 0.4) is 0 Å². The Bertz CT molecular complexity index is 617. The minimum atomic E-state index is -0.0312. The number of phenolic OH excluding ortho intramolecular Hbond substituents is 1. The summed E-state index contributed by atoms with van der Waals surface area (Å²) < 4.78 is 0. The van der Waals surface area contributed by atoms with Crippen LogP contribution in [0.5, 0.6) is 5.75 Å². The Balaban J connectivity index is 2.54. The molecule has 17 heavy (non-hydrogen) atoms. The van der Waals surface area contributed by atoms with Gasteiger partial charge in [-0.05, 0) is 35.4 Å². The van der Waals surface area contributed by atoms with E-state index in [1.54, 1.807) is 24.3 Å². The highest BCUT2D eigenvalue weighted by atomic mass is 35.5. The molecule has 0 saturated heterocycles. The zero-order chi connectivity index (χ0) is 12.4. The molecular weight excluding hydrogens is 257 g/mol. The second kappa shape index (κ2) is 4.67. The monoisotopic (exact) mass is 263 g/mol. The lowest BCUT2D eigenvalue weighted by Crippen LogP contribution is -1.82. The zero-order valence-electron chi connectivity index (χ0n) is 8.61. The molecule has 84 valence electrons. The summed E-state index contributed by atoms with van der Waals surface area (Å²) in [5.41, 5.74) is 1.88. The first-order valence-electron chi connectivity index (χ1n) is 4.80. The molecule has 0 aliphatic heterocycles. The van der Waals surface area contributed by atoms with Crippen LogP contribution in [0.15, 0.2) is 36.4 Å². The molecule has 0 fully saturated rings. The fraction of sp³-hybridized carbons (Fsp3) is 0. The third kappa shape index (κ3) is 2.36. The molecule has 0 aliphatic rings. The van der Waals surface area contributed by atoms with Crippen molar-refractivity contribution >= 4 is 23.2 Å². The molecule has 1 N–H and O–H groups in total. The summed E-state index contributed by atoms with van der Waals surface area (Å²) in [7, 11) is 0. The molecule has 0 aliphatic carbocycles. The van der Waals surface area contributed by atoms with E-state index in [-0.39, 0.29) is 11.3 Å². The zero-order valence-corrected chi connectivity index (χ0v) is 10.1. The number of hydrogen-bond donors (Lipinski definition) is 1. The number of halogens is 2. The van der Waals surface area contributed by atoms with Gasteiger partial charge in [0, 0.05) is 0 Å². The summed E-state index contributed by atoms with van der Waals surface area (Å²) in [5.74, 6) is -0.0312.